The van der Waals surface area contributed by atoms with Crippen LogP contribution in [0, 0.1) is 0 Å². The Balaban J connectivity index is 1.94. The van der Waals surface area contributed by atoms with Crippen LogP contribution in [-0.2, 0) is 17.6 Å². The maximum absolute atomic E-state index is 12.6. The van der Waals surface area contributed by atoms with E-state index in [1.54, 1.807) is 7.11 Å². The molecule has 0 unspecified atom stereocenters. The largest absolute Gasteiger partial charge is 0.385 e. The van der Waals surface area contributed by atoms with E-state index in [2.05, 4.69) is 5.32 Å². The van der Waals surface area contributed by atoms with Crippen molar-refractivity contribution in [1.82, 2.24) is 10.3 Å². The van der Waals surface area contributed by atoms with E-state index < -0.39 is 0 Å². The summed E-state index contributed by atoms with van der Waals surface area (Å²) >= 11 is 0. The van der Waals surface area contributed by atoms with Gasteiger partial charge in [-0.3, -0.25) is 9.78 Å². The number of pyridine rings is 1. The summed E-state index contributed by atoms with van der Waals surface area (Å²) < 4.78 is 5.01. The number of benzene rings is 1. The number of para-hydroxylation sites is 1. The molecule has 110 valence electrons. The molecule has 0 fully saturated rings. The lowest BCUT2D eigenvalue weighted by Crippen LogP contribution is -2.26. The van der Waals surface area contributed by atoms with Gasteiger partial charge in [-0.15, -0.1) is 0 Å². The van der Waals surface area contributed by atoms with Gasteiger partial charge in [0.15, 0.2) is 0 Å². The molecule has 0 saturated carbocycles. The highest BCUT2D eigenvalue weighted by Crippen LogP contribution is 2.29. The average Bonchev–Trinajstić information content (AvgIpc) is 2.96. The van der Waals surface area contributed by atoms with Crippen LogP contribution < -0.4 is 5.32 Å². The number of carbonyl (C=O) groups is 1. The molecule has 0 radical (unpaired) electrons. The van der Waals surface area contributed by atoms with Gasteiger partial charge in [0.05, 0.1) is 11.1 Å². The number of rotatable bonds is 5. The number of nitrogens with zero attached hydrogens (tertiary/aromatic N) is 1. The van der Waals surface area contributed by atoms with Gasteiger partial charge in [-0.1, -0.05) is 18.2 Å². The molecule has 0 bridgehead atoms. The first-order valence-corrected chi connectivity index (χ1v) is 7.49. The number of hydrogen-bond acceptors (Lipinski definition) is 3. The maximum Gasteiger partial charge on any atom is 0.252 e. The third-order valence-corrected chi connectivity index (χ3v) is 3.96. The summed E-state index contributed by atoms with van der Waals surface area (Å²) in [5, 5.41) is 3.97. The number of aromatic nitrogens is 1. The fourth-order valence-electron chi connectivity index (χ4n) is 2.98. The number of hydrogen-bond donors (Lipinski definition) is 1. The van der Waals surface area contributed by atoms with Crippen molar-refractivity contribution in [3.63, 3.8) is 0 Å². The van der Waals surface area contributed by atoms with Crippen molar-refractivity contribution in [2.75, 3.05) is 20.3 Å². The summed E-state index contributed by atoms with van der Waals surface area (Å²) in [6.07, 6.45) is 3.84. The van der Waals surface area contributed by atoms with Gasteiger partial charge >= 0.3 is 0 Å². The van der Waals surface area contributed by atoms with Crippen molar-refractivity contribution in [3.8, 4) is 0 Å². The number of carbonyl (C=O) groups excluding carboxylic acids is 1. The monoisotopic (exact) mass is 284 g/mol. The van der Waals surface area contributed by atoms with E-state index in [4.69, 9.17) is 9.72 Å². The molecule has 21 heavy (non-hydrogen) atoms. The average molecular weight is 284 g/mol. The maximum atomic E-state index is 12.6. The van der Waals surface area contributed by atoms with Crippen LogP contribution in [0.5, 0.6) is 0 Å². The Bertz CT molecular complexity index is 667. The van der Waals surface area contributed by atoms with Crippen molar-refractivity contribution < 1.29 is 9.53 Å². The lowest BCUT2D eigenvalue weighted by atomic mass is 10.0. The standard InChI is InChI=1S/C17H20N2O2/c1-21-11-5-10-18-17(20)16-12-6-2-3-8-14(12)19-15-9-4-7-13(15)16/h2-3,6,8H,4-5,7,9-11H2,1H3,(H,18,20). The van der Waals surface area contributed by atoms with Gasteiger partial charge in [0.2, 0.25) is 0 Å². The van der Waals surface area contributed by atoms with Crippen molar-refractivity contribution in [3.05, 3.63) is 41.1 Å². The van der Waals surface area contributed by atoms with Crippen LogP contribution >= 0.6 is 0 Å². The Morgan fingerprint density at radius 1 is 1.33 bits per heavy atom. The van der Waals surface area contributed by atoms with Gasteiger partial charge in [0.1, 0.15) is 0 Å². The lowest BCUT2D eigenvalue weighted by Gasteiger charge is -2.12. The van der Waals surface area contributed by atoms with Crippen LogP contribution in [0.25, 0.3) is 10.9 Å². The Kier molecular flexibility index (Phi) is 4.15. The second-order valence-electron chi connectivity index (χ2n) is 5.39. The first-order valence-electron chi connectivity index (χ1n) is 7.49. The molecule has 2 aromatic rings. The van der Waals surface area contributed by atoms with Crippen LogP contribution in [-0.4, -0.2) is 31.2 Å². The molecule has 1 aliphatic carbocycles. The zero-order valence-corrected chi connectivity index (χ0v) is 12.3. The number of fused-ring (bicyclic) bond motifs is 2. The molecule has 1 heterocycles. The van der Waals surface area contributed by atoms with Crippen molar-refractivity contribution >= 4 is 16.8 Å². The summed E-state index contributed by atoms with van der Waals surface area (Å²) in [5.41, 5.74) is 3.97. The highest BCUT2D eigenvalue weighted by Gasteiger charge is 2.23. The van der Waals surface area contributed by atoms with Crippen molar-refractivity contribution in [1.29, 1.82) is 0 Å². The lowest BCUT2D eigenvalue weighted by molar-refractivity contribution is 0.0949. The second-order valence-corrected chi connectivity index (χ2v) is 5.39. The fourth-order valence-corrected chi connectivity index (χ4v) is 2.98. The molecule has 1 aromatic heterocycles. The van der Waals surface area contributed by atoms with Gasteiger partial charge in [-0.05, 0) is 37.3 Å². The molecule has 1 aromatic carbocycles. The normalized spacial score (nSPS) is 13.4. The van der Waals surface area contributed by atoms with Crippen LogP contribution in [0.15, 0.2) is 24.3 Å². The fraction of sp³-hybridized carbons (Fsp3) is 0.412. The highest BCUT2D eigenvalue weighted by atomic mass is 16.5. The van der Waals surface area contributed by atoms with E-state index in [0.29, 0.717) is 13.2 Å². The molecule has 1 amide bonds. The Labute approximate surface area is 124 Å². The first kappa shape index (κ1) is 14.0. The topological polar surface area (TPSA) is 51.2 Å². The predicted octanol–water partition coefficient (Wildman–Crippen LogP) is 2.49. The van der Waals surface area contributed by atoms with Gasteiger partial charge in [-0.25, -0.2) is 0 Å². The minimum absolute atomic E-state index is 0.0165. The van der Waals surface area contributed by atoms with E-state index in [0.717, 1.165) is 53.4 Å². The molecule has 1 aliphatic rings. The molecule has 1 N–H and O–H groups in total. The van der Waals surface area contributed by atoms with Crippen LogP contribution in [0.3, 0.4) is 0 Å². The van der Waals surface area contributed by atoms with Crippen molar-refractivity contribution in [2.45, 2.75) is 25.7 Å². The highest BCUT2D eigenvalue weighted by molar-refractivity contribution is 6.07. The SMILES string of the molecule is COCCCNC(=O)c1c2c(nc3ccccc13)CCC2. The second kappa shape index (κ2) is 6.22. The summed E-state index contributed by atoms with van der Waals surface area (Å²) in [6.45, 7) is 1.30. The molecule has 4 heteroatoms. The first-order chi connectivity index (χ1) is 10.3. The van der Waals surface area contributed by atoms with Crippen LogP contribution in [0.4, 0.5) is 0 Å². The molecule has 0 aliphatic heterocycles. The van der Waals surface area contributed by atoms with E-state index in [1.165, 1.54) is 0 Å². The third-order valence-electron chi connectivity index (χ3n) is 3.96. The molecular formula is C17H20N2O2. The predicted molar refractivity (Wildman–Crippen MR) is 82.6 cm³/mol. The van der Waals surface area contributed by atoms with E-state index in [9.17, 15) is 4.79 Å². The number of amides is 1. The number of aryl methyl sites for hydroxylation is 1. The van der Waals surface area contributed by atoms with Crippen LogP contribution in [0.1, 0.15) is 34.5 Å². The Morgan fingerprint density at radius 3 is 3.05 bits per heavy atom. The minimum atomic E-state index is 0.0165. The zero-order valence-electron chi connectivity index (χ0n) is 12.3. The number of methoxy groups -OCH3 is 1. The quantitative estimate of drug-likeness (QED) is 0.858. The molecule has 0 atom stereocenters. The summed E-state index contributed by atoms with van der Waals surface area (Å²) in [5.74, 6) is 0.0165. The van der Waals surface area contributed by atoms with Gasteiger partial charge in [0, 0.05) is 31.3 Å². The molecule has 3 rings (SSSR count). The number of ether oxygens (including phenoxy) is 1. The summed E-state index contributed by atoms with van der Waals surface area (Å²) in [6, 6.07) is 7.91. The van der Waals surface area contributed by atoms with E-state index in [1.807, 2.05) is 24.3 Å². The molecule has 4 nitrogen and oxygen atoms in total. The Hall–Kier alpha value is -1.94. The smallest absolute Gasteiger partial charge is 0.252 e. The van der Waals surface area contributed by atoms with E-state index in [-0.39, 0.29) is 5.91 Å². The third kappa shape index (κ3) is 2.76. The molecule has 0 spiro atoms. The minimum Gasteiger partial charge on any atom is -0.385 e. The Morgan fingerprint density at radius 2 is 2.19 bits per heavy atom. The number of nitrogens with one attached hydrogen (secondary N) is 1. The van der Waals surface area contributed by atoms with E-state index >= 15 is 0 Å². The van der Waals surface area contributed by atoms with Crippen LogP contribution in [0.2, 0.25) is 0 Å². The van der Waals surface area contributed by atoms with Gasteiger partial charge in [0.25, 0.3) is 5.91 Å². The molecular weight excluding hydrogens is 264 g/mol. The van der Waals surface area contributed by atoms with Gasteiger partial charge in [-0.2, -0.15) is 0 Å². The summed E-state index contributed by atoms with van der Waals surface area (Å²) in [4.78, 5) is 17.3. The van der Waals surface area contributed by atoms with Crippen molar-refractivity contribution in [2.24, 2.45) is 0 Å². The molecule has 0 saturated heterocycles. The zero-order chi connectivity index (χ0) is 14.7. The van der Waals surface area contributed by atoms with Gasteiger partial charge < -0.3 is 10.1 Å². The summed E-state index contributed by atoms with van der Waals surface area (Å²) in [7, 11) is 1.67.